The summed E-state index contributed by atoms with van der Waals surface area (Å²) in [5.41, 5.74) is 6.95. The first kappa shape index (κ1) is 17.3. The molecule has 134 valence electrons. The van der Waals surface area contributed by atoms with Gasteiger partial charge < -0.3 is 15.5 Å². The zero-order chi connectivity index (χ0) is 18.1. The van der Waals surface area contributed by atoms with Gasteiger partial charge in [0.2, 0.25) is 5.91 Å². The predicted molar refractivity (Wildman–Crippen MR) is 102 cm³/mol. The lowest BCUT2D eigenvalue weighted by molar-refractivity contribution is -0.113. The average Bonchev–Trinajstić information content (AvgIpc) is 3.35. The van der Waals surface area contributed by atoms with E-state index < -0.39 is 5.91 Å². The van der Waals surface area contributed by atoms with Crippen molar-refractivity contribution in [1.82, 2.24) is 10.2 Å². The summed E-state index contributed by atoms with van der Waals surface area (Å²) in [5.74, 6) is -0.195. The second-order valence-corrected chi connectivity index (χ2v) is 8.59. The molecule has 2 amide bonds. The highest BCUT2D eigenvalue weighted by Gasteiger charge is 2.26. The number of hydrogen-bond donors (Lipinski definition) is 2. The van der Waals surface area contributed by atoms with Gasteiger partial charge in [-0.25, -0.2) is 0 Å². The van der Waals surface area contributed by atoms with E-state index in [4.69, 9.17) is 10.2 Å². The topological polar surface area (TPSA) is 111 Å². The molecular formula is C16H14N4O3S3. The molecule has 0 saturated heterocycles. The van der Waals surface area contributed by atoms with Crippen LogP contribution < -0.4 is 11.1 Å². The Bertz CT molecular complexity index is 962. The fraction of sp³-hybridized carbons (Fsp3) is 0.250. The molecule has 3 aromatic heterocycles. The van der Waals surface area contributed by atoms with Crippen LogP contribution in [0.2, 0.25) is 0 Å². The minimum Gasteiger partial charge on any atom is -0.410 e. The maximum atomic E-state index is 12.3. The molecule has 3 heterocycles. The van der Waals surface area contributed by atoms with Crippen LogP contribution >= 0.6 is 34.4 Å². The van der Waals surface area contributed by atoms with Gasteiger partial charge in [0, 0.05) is 4.88 Å². The van der Waals surface area contributed by atoms with Crippen LogP contribution in [0.3, 0.4) is 0 Å². The Hall–Kier alpha value is -2.17. The molecule has 1 aliphatic rings. The van der Waals surface area contributed by atoms with Crippen molar-refractivity contribution in [2.75, 3.05) is 11.1 Å². The first-order valence-electron chi connectivity index (χ1n) is 7.86. The second-order valence-electron chi connectivity index (χ2n) is 5.61. The van der Waals surface area contributed by atoms with Crippen molar-refractivity contribution in [3.05, 3.63) is 33.5 Å². The number of thioether (sulfide) groups is 1. The second kappa shape index (κ2) is 7.22. The standard InChI is InChI=1S/C16H14N4O3S3/c17-13(22)12-8-3-1-4-9(8)26-15(12)18-11(21)7-25-16-20-19-14(23-16)10-5-2-6-24-10/h2,5-6H,1,3-4,7H2,(H2,17,22)(H,18,21). The van der Waals surface area contributed by atoms with Gasteiger partial charge in [0.1, 0.15) is 5.00 Å². The van der Waals surface area contributed by atoms with E-state index in [0.29, 0.717) is 21.7 Å². The number of hydrogen-bond acceptors (Lipinski definition) is 8. The molecule has 3 N–H and O–H groups in total. The number of aryl methyl sites for hydroxylation is 1. The number of anilines is 1. The van der Waals surface area contributed by atoms with Crippen molar-refractivity contribution in [2.45, 2.75) is 24.5 Å². The summed E-state index contributed by atoms with van der Waals surface area (Å²) >= 11 is 4.09. The number of carbonyl (C=O) groups excluding carboxylic acids is 2. The quantitative estimate of drug-likeness (QED) is 0.608. The van der Waals surface area contributed by atoms with Crippen LogP contribution in [-0.2, 0) is 17.6 Å². The molecule has 7 nitrogen and oxygen atoms in total. The van der Waals surface area contributed by atoms with E-state index in [0.717, 1.165) is 46.3 Å². The smallest absolute Gasteiger partial charge is 0.277 e. The Morgan fingerprint density at radius 1 is 1.35 bits per heavy atom. The number of aromatic nitrogens is 2. The number of thiophene rings is 2. The van der Waals surface area contributed by atoms with Gasteiger partial charge in [-0.15, -0.1) is 32.9 Å². The summed E-state index contributed by atoms with van der Waals surface area (Å²) < 4.78 is 5.54. The van der Waals surface area contributed by atoms with Crippen LogP contribution in [0.1, 0.15) is 27.2 Å². The number of primary amides is 1. The predicted octanol–water partition coefficient (Wildman–Crippen LogP) is 3.18. The Morgan fingerprint density at radius 2 is 2.23 bits per heavy atom. The lowest BCUT2D eigenvalue weighted by atomic mass is 10.1. The molecule has 0 bridgehead atoms. The van der Waals surface area contributed by atoms with Crippen LogP contribution in [0.5, 0.6) is 0 Å². The van der Waals surface area contributed by atoms with Crippen LogP contribution in [0.25, 0.3) is 10.8 Å². The molecule has 0 aliphatic heterocycles. The number of nitrogens with one attached hydrogen (secondary N) is 1. The Labute approximate surface area is 161 Å². The van der Waals surface area contributed by atoms with E-state index >= 15 is 0 Å². The number of carbonyl (C=O) groups is 2. The van der Waals surface area contributed by atoms with Crippen LogP contribution in [0, 0.1) is 0 Å². The largest absolute Gasteiger partial charge is 0.410 e. The highest BCUT2D eigenvalue weighted by atomic mass is 32.2. The number of rotatable bonds is 6. The molecule has 0 unspecified atom stereocenters. The highest BCUT2D eigenvalue weighted by molar-refractivity contribution is 7.99. The summed E-state index contributed by atoms with van der Waals surface area (Å²) in [5, 5.41) is 13.5. The lowest BCUT2D eigenvalue weighted by Gasteiger charge is -2.04. The van der Waals surface area contributed by atoms with Crippen molar-refractivity contribution in [1.29, 1.82) is 0 Å². The summed E-state index contributed by atoms with van der Waals surface area (Å²) in [6.45, 7) is 0. The molecule has 10 heteroatoms. The molecule has 1 aliphatic carbocycles. The van der Waals surface area contributed by atoms with Gasteiger partial charge in [-0.05, 0) is 36.3 Å². The molecule has 0 saturated carbocycles. The van der Waals surface area contributed by atoms with Gasteiger partial charge in [-0.2, -0.15) is 0 Å². The molecule has 4 rings (SSSR count). The van der Waals surface area contributed by atoms with Crippen molar-refractivity contribution in [3.63, 3.8) is 0 Å². The third-order valence-corrected chi connectivity index (χ3v) is 6.77. The molecule has 0 aromatic carbocycles. The summed E-state index contributed by atoms with van der Waals surface area (Å²) in [4.78, 5) is 26.0. The Morgan fingerprint density at radius 3 is 3.00 bits per heavy atom. The van der Waals surface area contributed by atoms with Crippen molar-refractivity contribution in [2.24, 2.45) is 5.73 Å². The molecule has 0 atom stereocenters. The first-order valence-corrected chi connectivity index (χ1v) is 10.5. The maximum absolute atomic E-state index is 12.3. The van der Waals surface area contributed by atoms with E-state index in [1.165, 1.54) is 22.7 Å². The van der Waals surface area contributed by atoms with E-state index in [9.17, 15) is 9.59 Å². The van der Waals surface area contributed by atoms with Gasteiger partial charge in [-0.3, -0.25) is 9.59 Å². The maximum Gasteiger partial charge on any atom is 0.277 e. The fourth-order valence-electron chi connectivity index (χ4n) is 2.81. The van der Waals surface area contributed by atoms with Crippen molar-refractivity contribution in [3.8, 4) is 10.8 Å². The minimum absolute atomic E-state index is 0.104. The zero-order valence-corrected chi connectivity index (χ0v) is 15.9. The van der Waals surface area contributed by atoms with Gasteiger partial charge in [0.25, 0.3) is 17.0 Å². The molecule has 3 aromatic rings. The minimum atomic E-state index is -0.496. The summed E-state index contributed by atoms with van der Waals surface area (Å²) in [7, 11) is 0. The molecule has 0 fully saturated rings. The summed E-state index contributed by atoms with van der Waals surface area (Å²) in [6.07, 6.45) is 2.79. The fourth-order valence-corrected chi connectivity index (χ4v) is 5.33. The Kier molecular flexibility index (Phi) is 4.79. The van der Waals surface area contributed by atoms with Crippen LogP contribution in [0.15, 0.2) is 27.2 Å². The summed E-state index contributed by atoms with van der Waals surface area (Å²) in [6, 6.07) is 3.79. The molecule has 0 radical (unpaired) electrons. The average molecular weight is 407 g/mol. The van der Waals surface area contributed by atoms with E-state index in [2.05, 4.69) is 15.5 Å². The van der Waals surface area contributed by atoms with E-state index in [-0.39, 0.29) is 11.7 Å². The SMILES string of the molecule is NC(=O)c1c(NC(=O)CSc2nnc(-c3cccs3)o2)sc2c1CCC2. The zero-order valence-electron chi connectivity index (χ0n) is 13.5. The lowest BCUT2D eigenvalue weighted by Crippen LogP contribution is -2.18. The number of amides is 2. The number of fused-ring (bicyclic) bond motifs is 1. The van der Waals surface area contributed by atoms with Gasteiger partial charge >= 0.3 is 0 Å². The monoisotopic (exact) mass is 406 g/mol. The highest BCUT2D eigenvalue weighted by Crippen LogP contribution is 2.39. The number of nitrogens with two attached hydrogens (primary N) is 1. The first-order chi connectivity index (χ1) is 12.6. The molecular weight excluding hydrogens is 392 g/mol. The van der Waals surface area contributed by atoms with Crippen LogP contribution in [0.4, 0.5) is 5.00 Å². The van der Waals surface area contributed by atoms with Crippen LogP contribution in [-0.4, -0.2) is 27.8 Å². The van der Waals surface area contributed by atoms with Crippen molar-refractivity contribution >= 4 is 51.3 Å². The van der Waals surface area contributed by atoms with Gasteiger partial charge in [0.05, 0.1) is 16.2 Å². The molecule has 0 spiro atoms. The number of nitrogens with zero attached hydrogens (tertiary/aromatic N) is 2. The third kappa shape index (κ3) is 3.39. The van der Waals surface area contributed by atoms with E-state index in [1.807, 2.05) is 17.5 Å². The molecule has 26 heavy (non-hydrogen) atoms. The van der Waals surface area contributed by atoms with Gasteiger partial charge in [0.15, 0.2) is 0 Å². The third-order valence-electron chi connectivity index (χ3n) is 3.89. The van der Waals surface area contributed by atoms with E-state index in [1.54, 1.807) is 0 Å². The normalized spacial score (nSPS) is 12.9. The Balaban J connectivity index is 1.40. The van der Waals surface area contributed by atoms with Gasteiger partial charge in [-0.1, -0.05) is 17.8 Å². The van der Waals surface area contributed by atoms with Crippen molar-refractivity contribution < 1.29 is 14.0 Å².